The maximum Gasteiger partial charge on any atom is 0.418 e. The van der Waals surface area contributed by atoms with E-state index >= 15 is 0 Å². The molecule has 0 aliphatic heterocycles. The smallest absolute Gasteiger partial charge is 0.418 e. The van der Waals surface area contributed by atoms with E-state index in [9.17, 15) is 18.0 Å². The van der Waals surface area contributed by atoms with Crippen molar-refractivity contribution in [3.05, 3.63) is 59.7 Å². The van der Waals surface area contributed by atoms with Gasteiger partial charge in [0, 0.05) is 6.08 Å². The molecule has 0 atom stereocenters. The standard InChI is InChI=1S/C22H24F3NO3/c1-3-5-14-29-19-12-10-16(15-20(19)28-4-2)11-13-21(27)26-18-9-7-6-8-17(18)22(23,24)25/h6-13,15H,3-5,14H2,1-2H3,(H,26,27)/b13-11+. The zero-order valence-electron chi connectivity index (χ0n) is 16.4. The fourth-order valence-corrected chi connectivity index (χ4v) is 2.53. The summed E-state index contributed by atoms with van der Waals surface area (Å²) < 4.78 is 50.3. The van der Waals surface area contributed by atoms with E-state index < -0.39 is 17.6 Å². The van der Waals surface area contributed by atoms with Gasteiger partial charge in [-0.3, -0.25) is 4.79 Å². The second-order valence-corrected chi connectivity index (χ2v) is 6.21. The lowest BCUT2D eigenvalue weighted by Crippen LogP contribution is -2.14. The minimum atomic E-state index is -4.55. The van der Waals surface area contributed by atoms with Gasteiger partial charge in [0.05, 0.1) is 24.5 Å². The van der Waals surface area contributed by atoms with Gasteiger partial charge in [0.15, 0.2) is 11.5 Å². The van der Waals surface area contributed by atoms with E-state index in [-0.39, 0.29) is 5.69 Å². The highest BCUT2D eigenvalue weighted by molar-refractivity contribution is 6.02. The Labute approximate surface area is 168 Å². The molecule has 0 heterocycles. The zero-order chi connectivity index (χ0) is 21.3. The van der Waals surface area contributed by atoms with Gasteiger partial charge in [-0.2, -0.15) is 13.2 Å². The van der Waals surface area contributed by atoms with Crippen molar-refractivity contribution in [3.63, 3.8) is 0 Å². The number of para-hydroxylation sites is 1. The maximum absolute atomic E-state index is 13.0. The van der Waals surface area contributed by atoms with Crippen LogP contribution in [0.2, 0.25) is 0 Å². The fraction of sp³-hybridized carbons (Fsp3) is 0.318. The molecule has 2 aromatic carbocycles. The van der Waals surface area contributed by atoms with Crippen LogP contribution in [0.15, 0.2) is 48.5 Å². The molecule has 0 aliphatic carbocycles. The van der Waals surface area contributed by atoms with E-state index in [2.05, 4.69) is 12.2 Å². The first kappa shape index (κ1) is 22.3. The lowest BCUT2D eigenvalue weighted by atomic mass is 10.1. The molecule has 4 nitrogen and oxygen atoms in total. The number of hydrogen-bond donors (Lipinski definition) is 1. The van der Waals surface area contributed by atoms with Crippen molar-refractivity contribution in [3.8, 4) is 11.5 Å². The second kappa shape index (κ2) is 10.5. The molecule has 0 saturated carbocycles. The van der Waals surface area contributed by atoms with Crippen molar-refractivity contribution in [1.82, 2.24) is 0 Å². The number of amides is 1. The van der Waals surface area contributed by atoms with Crippen LogP contribution < -0.4 is 14.8 Å². The van der Waals surface area contributed by atoms with Gasteiger partial charge in [-0.05, 0) is 49.2 Å². The molecule has 0 fully saturated rings. The molecule has 1 amide bonds. The minimum Gasteiger partial charge on any atom is -0.490 e. The molecular weight excluding hydrogens is 383 g/mol. The van der Waals surface area contributed by atoms with Crippen LogP contribution in [-0.4, -0.2) is 19.1 Å². The Morgan fingerprint density at radius 3 is 2.52 bits per heavy atom. The van der Waals surface area contributed by atoms with Gasteiger partial charge >= 0.3 is 6.18 Å². The van der Waals surface area contributed by atoms with Crippen LogP contribution >= 0.6 is 0 Å². The molecule has 7 heteroatoms. The monoisotopic (exact) mass is 407 g/mol. The molecule has 0 unspecified atom stereocenters. The topological polar surface area (TPSA) is 47.6 Å². The molecule has 0 spiro atoms. The lowest BCUT2D eigenvalue weighted by molar-refractivity contribution is -0.136. The van der Waals surface area contributed by atoms with Gasteiger partial charge in [0.25, 0.3) is 0 Å². The Morgan fingerprint density at radius 2 is 1.83 bits per heavy atom. The lowest BCUT2D eigenvalue weighted by Gasteiger charge is -2.13. The summed E-state index contributed by atoms with van der Waals surface area (Å²) in [7, 11) is 0. The summed E-state index contributed by atoms with van der Waals surface area (Å²) in [5.41, 5.74) is -0.520. The van der Waals surface area contributed by atoms with Crippen LogP contribution in [0.5, 0.6) is 11.5 Å². The van der Waals surface area contributed by atoms with Gasteiger partial charge in [-0.15, -0.1) is 0 Å². The molecule has 0 aromatic heterocycles. The number of anilines is 1. The van der Waals surface area contributed by atoms with Crippen molar-refractivity contribution in [1.29, 1.82) is 0 Å². The number of carbonyl (C=O) groups excluding carboxylic acids is 1. The average Bonchev–Trinajstić information content (AvgIpc) is 2.68. The van der Waals surface area contributed by atoms with Crippen LogP contribution in [0.25, 0.3) is 6.08 Å². The molecule has 2 rings (SSSR count). The van der Waals surface area contributed by atoms with Crippen molar-refractivity contribution in [2.24, 2.45) is 0 Å². The van der Waals surface area contributed by atoms with Crippen molar-refractivity contribution in [2.75, 3.05) is 18.5 Å². The molecule has 0 bridgehead atoms. The van der Waals surface area contributed by atoms with Crippen molar-refractivity contribution >= 4 is 17.7 Å². The summed E-state index contributed by atoms with van der Waals surface area (Å²) in [6, 6.07) is 10.1. The van der Waals surface area contributed by atoms with E-state index in [1.807, 2.05) is 6.92 Å². The van der Waals surface area contributed by atoms with Crippen LogP contribution in [0.1, 0.15) is 37.8 Å². The normalized spacial score (nSPS) is 11.5. The van der Waals surface area contributed by atoms with Gasteiger partial charge in [0.1, 0.15) is 0 Å². The summed E-state index contributed by atoms with van der Waals surface area (Å²) in [5, 5.41) is 2.27. The number of rotatable bonds is 9. The minimum absolute atomic E-state index is 0.288. The first-order chi connectivity index (χ1) is 13.8. The van der Waals surface area contributed by atoms with Crippen LogP contribution in [0.4, 0.5) is 18.9 Å². The van der Waals surface area contributed by atoms with E-state index in [0.29, 0.717) is 30.3 Å². The number of benzene rings is 2. The summed E-state index contributed by atoms with van der Waals surface area (Å²) in [5.74, 6) is 0.498. The van der Waals surface area contributed by atoms with E-state index in [4.69, 9.17) is 9.47 Å². The number of nitrogens with one attached hydrogen (secondary N) is 1. The predicted octanol–water partition coefficient (Wildman–Crippen LogP) is 5.93. The molecule has 0 saturated heterocycles. The third kappa shape index (κ3) is 6.85. The molecule has 156 valence electrons. The first-order valence-corrected chi connectivity index (χ1v) is 9.40. The van der Waals surface area contributed by atoms with Gasteiger partial charge in [0.2, 0.25) is 5.91 Å². The largest absolute Gasteiger partial charge is 0.490 e. The Kier molecular flexibility index (Phi) is 8.12. The maximum atomic E-state index is 13.0. The van der Waals surface area contributed by atoms with Crippen LogP contribution in [0.3, 0.4) is 0 Å². The van der Waals surface area contributed by atoms with Gasteiger partial charge in [-0.1, -0.05) is 31.5 Å². The summed E-state index contributed by atoms with van der Waals surface area (Å²) in [6.07, 6.45) is 0.0669. The Hall–Kier alpha value is -2.96. The predicted molar refractivity (Wildman–Crippen MR) is 107 cm³/mol. The molecule has 1 N–H and O–H groups in total. The van der Waals surface area contributed by atoms with Crippen LogP contribution in [-0.2, 0) is 11.0 Å². The third-order valence-electron chi connectivity index (χ3n) is 3.94. The summed E-state index contributed by atoms with van der Waals surface area (Å²) >= 11 is 0. The highest BCUT2D eigenvalue weighted by atomic mass is 19.4. The third-order valence-corrected chi connectivity index (χ3v) is 3.94. The highest BCUT2D eigenvalue weighted by Gasteiger charge is 2.33. The first-order valence-electron chi connectivity index (χ1n) is 9.40. The second-order valence-electron chi connectivity index (χ2n) is 6.21. The van der Waals surface area contributed by atoms with E-state index in [0.717, 1.165) is 18.9 Å². The van der Waals surface area contributed by atoms with Gasteiger partial charge < -0.3 is 14.8 Å². The average molecular weight is 407 g/mol. The van der Waals surface area contributed by atoms with Crippen molar-refractivity contribution < 1.29 is 27.4 Å². The molecule has 29 heavy (non-hydrogen) atoms. The highest BCUT2D eigenvalue weighted by Crippen LogP contribution is 2.34. The summed E-state index contributed by atoms with van der Waals surface area (Å²) in [6.45, 7) is 4.95. The molecule has 0 radical (unpaired) electrons. The molecule has 0 aliphatic rings. The number of hydrogen-bond acceptors (Lipinski definition) is 3. The summed E-state index contributed by atoms with van der Waals surface area (Å²) in [4.78, 5) is 12.1. The Bertz CT molecular complexity index is 847. The van der Waals surface area contributed by atoms with Crippen molar-refractivity contribution in [2.45, 2.75) is 32.9 Å². The molecular formula is C22H24F3NO3. The molecule has 2 aromatic rings. The SMILES string of the molecule is CCCCOc1ccc(/C=C/C(=O)Nc2ccccc2C(F)(F)F)cc1OCC. The Balaban J connectivity index is 2.11. The quantitative estimate of drug-likeness (QED) is 0.414. The van der Waals surface area contributed by atoms with E-state index in [1.54, 1.807) is 18.2 Å². The number of unbranched alkanes of at least 4 members (excludes halogenated alkanes) is 1. The Morgan fingerprint density at radius 1 is 1.07 bits per heavy atom. The van der Waals surface area contributed by atoms with Gasteiger partial charge in [-0.25, -0.2) is 0 Å². The number of halogens is 3. The van der Waals surface area contributed by atoms with Crippen LogP contribution in [0, 0.1) is 0 Å². The van der Waals surface area contributed by atoms with E-state index in [1.165, 1.54) is 30.4 Å². The fourth-order valence-electron chi connectivity index (χ4n) is 2.53. The number of alkyl halides is 3. The zero-order valence-corrected chi connectivity index (χ0v) is 16.4. The number of carbonyl (C=O) groups is 1. The number of ether oxygens (including phenoxy) is 2.